The first-order chi connectivity index (χ1) is 8.52. The van der Waals surface area contributed by atoms with Crippen LogP contribution >= 0.6 is 0 Å². The summed E-state index contributed by atoms with van der Waals surface area (Å²) < 4.78 is 5.00. The highest BCUT2D eigenvalue weighted by Gasteiger charge is 2.25. The van der Waals surface area contributed by atoms with Crippen LogP contribution in [-0.4, -0.2) is 42.8 Å². The van der Waals surface area contributed by atoms with Gasteiger partial charge >= 0.3 is 5.97 Å². The van der Waals surface area contributed by atoms with Crippen LogP contribution in [0.15, 0.2) is 0 Å². The lowest BCUT2D eigenvalue weighted by Crippen LogP contribution is -2.40. The summed E-state index contributed by atoms with van der Waals surface area (Å²) in [5, 5.41) is 11.4. The van der Waals surface area contributed by atoms with Gasteiger partial charge in [-0.2, -0.15) is 0 Å². The lowest BCUT2D eigenvalue weighted by molar-refractivity contribution is -0.140. The normalized spacial score (nSPS) is 25.4. The van der Waals surface area contributed by atoms with Crippen molar-refractivity contribution in [2.45, 2.75) is 44.2 Å². The summed E-state index contributed by atoms with van der Waals surface area (Å²) in [6.45, 7) is 0.240. The van der Waals surface area contributed by atoms with E-state index in [-0.39, 0.29) is 30.8 Å². The molecular weight excluding hydrogens is 236 g/mol. The summed E-state index contributed by atoms with van der Waals surface area (Å²) in [6, 6.07) is 0.216. The Hall–Kier alpha value is -1.14. The first-order valence-corrected chi connectivity index (χ1v) is 6.30. The number of methoxy groups -OCH3 is 1. The van der Waals surface area contributed by atoms with Crippen molar-refractivity contribution in [3.05, 3.63) is 0 Å². The van der Waals surface area contributed by atoms with Crippen LogP contribution in [0.25, 0.3) is 0 Å². The molecule has 0 spiro atoms. The van der Waals surface area contributed by atoms with Crippen LogP contribution in [0.4, 0.5) is 0 Å². The molecule has 18 heavy (non-hydrogen) atoms. The van der Waals surface area contributed by atoms with Crippen LogP contribution in [0.2, 0.25) is 0 Å². The maximum atomic E-state index is 11.9. The third kappa shape index (κ3) is 5.01. The molecule has 1 aliphatic rings. The number of ether oxygens (including phenoxy) is 1. The molecule has 104 valence electrons. The Balaban J connectivity index is 2.29. The molecule has 1 saturated carbocycles. The summed E-state index contributed by atoms with van der Waals surface area (Å²) in [6.07, 6.45) is 2.79. The molecule has 4 N–H and O–H groups in total. The Labute approximate surface area is 107 Å². The van der Waals surface area contributed by atoms with E-state index in [1.807, 2.05) is 0 Å². The number of nitrogens with two attached hydrogens (primary N) is 1. The Kier molecular flexibility index (Phi) is 6.07. The van der Waals surface area contributed by atoms with Crippen molar-refractivity contribution in [1.82, 2.24) is 5.32 Å². The van der Waals surface area contributed by atoms with Gasteiger partial charge in [0.25, 0.3) is 0 Å². The van der Waals surface area contributed by atoms with Crippen molar-refractivity contribution in [2.24, 2.45) is 11.7 Å². The van der Waals surface area contributed by atoms with Crippen molar-refractivity contribution in [3.8, 4) is 0 Å². The molecule has 0 aromatic rings. The van der Waals surface area contributed by atoms with Crippen LogP contribution in [0, 0.1) is 5.92 Å². The molecule has 1 unspecified atom stereocenters. The molecular formula is C12H22N2O4. The maximum Gasteiger partial charge on any atom is 0.306 e. The smallest absolute Gasteiger partial charge is 0.306 e. The number of carboxylic acid groups (broad SMARTS) is 1. The lowest BCUT2D eigenvalue weighted by atomic mass is 9.86. The van der Waals surface area contributed by atoms with Crippen LogP contribution in [0.5, 0.6) is 0 Å². The zero-order chi connectivity index (χ0) is 13.5. The third-order valence-corrected chi connectivity index (χ3v) is 3.38. The average molecular weight is 258 g/mol. The second-order valence-electron chi connectivity index (χ2n) is 4.81. The van der Waals surface area contributed by atoms with Gasteiger partial charge in [-0.15, -0.1) is 0 Å². The molecule has 1 rings (SSSR count). The molecule has 1 atom stereocenters. The van der Waals surface area contributed by atoms with Crippen molar-refractivity contribution < 1.29 is 19.4 Å². The molecule has 0 aromatic carbocycles. The average Bonchev–Trinajstić information content (AvgIpc) is 2.34. The number of hydrogen-bond acceptors (Lipinski definition) is 4. The standard InChI is InChI=1S/C12H22N2O4/c1-18-10(6-11(15)16)7-14-12(17)8-2-4-9(13)5-3-8/h8-10H,2-7,13H2,1H3,(H,14,17)(H,15,16). The highest BCUT2D eigenvalue weighted by molar-refractivity contribution is 5.78. The number of carbonyl (C=O) groups is 2. The van der Waals surface area contributed by atoms with Gasteiger partial charge in [-0.05, 0) is 25.7 Å². The van der Waals surface area contributed by atoms with E-state index in [2.05, 4.69) is 5.32 Å². The minimum Gasteiger partial charge on any atom is -0.481 e. The zero-order valence-electron chi connectivity index (χ0n) is 10.7. The molecule has 1 fully saturated rings. The first-order valence-electron chi connectivity index (χ1n) is 6.30. The molecule has 0 bridgehead atoms. The number of hydrogen-bond donors (Lipinski definition) is 3. The number of nitrogens with one attached hydrogen (secondary N) is 1. The molecule has 1 amide bonds. The topological polar surface area (TPSA) is 102 Å². The fraction of sp³-hybridized carbons (Fsp3) is 0.833. The first kappa shape index (κ1) is 14.9. The van der Waals surface area contributed by atoms with E-state index in [0.29, 0.717) is 0 Å². The summed E-state index contributed by atoms with van der Waals surface area (Å²) in [7, 11) is 1.44. The van der Waals surface area contributed by atoms with Crippen LogP contribution in [0.3, 0.4) is 0 Å². The fourth-order valence-electron chi connectivity index (χ4n) is 2.17. The van der Waals surface area contributed by atoms with Crippen molar-refractivity contribution in [2.75, 3.05) is 13.7 Å². The number of carbonyl (C=O) groups excluding carboxylic acids is 1. The van der Waals surface area contributed by atoms with E-state index in [1.54, 1.807) is 0 Å². The predicted octanol–water partition coefficient (Wildman–Crippen LogP) is 0.110. The Morgan fingerprint density at radius 3 is 2.50 bits per heavy atom. The van der Waals surface area contributed by atoms with Gasteiger partial charge in [-0.3, -0.25) is 9.59 Å². The Bertz CT molecular complexity index is 288. The van der Waals surface area contributed by atoms with E-state index in [1.165, 1.54) is 7.11 Å². The second kappa shape index (κ2) is 7.33. The van der Waals surface area contributed by atoms with Crippen molar-refractivity contribution in [1.29, 1.82) is 0 Å². The monoisotopic (exact) mass is 258 g/mol. The van der Waals surface area contributed by atoms with Gasteiger partial charge in [0.05, 0.1) is 12.5 Å². The minimum atomic E-state index is -0.931. The van der Waals surface area contributed by atoms with Gasteiger partial charge in [-0.25, -0.2) is 0 Å². The number of aliphatic carboxylic acids is 1. The number of rotatable bonds is 6. The highest BCUT2D eigenvalue weighted by Crippen LogP contribution is 2.23. The molecule has 0 saturated heterocycles. The van der Waals surface area contributed by atoms with Crippen LogP contribution < -0.4 is 11.1 Å². The van der Waals surface area contributed by atoms with E-state index in [4.69, 9.17) is 15.6 Å². The second-order valence-corrected chi connectivity index (χ2v) is 4.81. The Morgan fingerprint density at radius 2 is 2.00 bits per heavy atom. The molecule has 0 heterocycles. The summed E-state index contributed by atoms with van der Waals surface area (Å²) in [4.78, 5) is 22.4. The van der Waals surface area contributed by atoms with Gasteiger partial charge in [0.15, 0.2) is 0 Å². The molecule has 0 aliphatic heterocycles. The molecule has 0 aromatic heterocycles. The van der Waals surface area contributed by atoms with Gasteiger partial charge < -0.3 is 20.9 Å². The summed E-state index contributed by atoms with van der Waals surface area (Å²) in [5.74, 6) is -0.943. The van der Waals surface area contributed by atoms with Gasteiger partial charge in [0.2, 0.25) is 5.91 Å². The third-order valence-electron chi connectivity index (χ3n) is 3.38. The zero-order valence-corrected chi connectivity index (χ0v) is 10.7. The van der Waals surface area contributed by atoms with E-state index >= 15 is 0 Å². The SMILES string of the molecule is COC(CNC(=O)C1CCC(N)CC1)CC(=O)O. The van der Waals surface area contributed by atoms with Crippen LogP contribution in [0.1, 0.15) is 32.1 Å². The molecule has 6 heteroatoms. The van der Waals surface area contributed by atoms with E-state index in [9.17, 15) is 9.59 Å². The molecule has 0 radical (unpaired) electrons. The van der Waals surface area contributed by atoms with E-state index in [0.717, 1.165) is 25.7 Å². The lowest BCUT2D eigenvalue weighted by Gasteiger charge is -2.25. The summed E-state index contributed by atoms with van der Waals surface area (Å²) >= 11 is 0. The van der Waals surface area contributed by atoms with Gasteiger partial charge in [0.1, 0.15) is 0 Å². The maximum absolute atomic E-state index is 11.9. The van der Waals surface area contributed by atoms with Gasteiger partial charge in [-0.1, -0.05) is 0 Å². The van der Waals surface area contributed by atoms with Crippen molar-refractivity contribution in [3.63, 3.8) is 0 Å². The van der Waals surface area contributed by atoms with Crippen LogP contribution in [-0.2, 0) is 14.3 Å². The number of carboxylic acids is 1. The number of amides is 1. The minimum absolute atomic E-state index is 0.00661. The van der Waals surface area contributed by atoms with E-state index < -0.39 is 12.1 Å². The Morgan fingerprint density at radius 1 is 1.39 bits per heavy atom. The fourth-order valence-corrected chi connectivity index (χ4v) is 2.17. The summed E-state index contributed by atoms with van der Waals surface area (Å²) in [5.41, 5.74) is 5.78. The molecule has 1 aliphatic carbocycles. The predicted molar refractivity (Wildman–Crippen MR) is 66.0 cm³/mol. The van der Waals surface area contributed by atoms with Gasteiger partial charge in [0, 0.05) is 25.6 Å². The quantitative estimate of drug-likeness (QED) is 0.627. The highest BCUT2D eigenvalue weighted by atomic mass is 16.5. The molecule has 6 nitrogen and oxygen atoms in total. The van der Waals surface area contributed by atoms with Crippen molar-refractivity contribution >= 4 is 11.9 Å². The largest absolute Gasteiger partial charge is 0.481 e.